The fourth-order valence-corrected chi connectivity index (χ4v) is 4.61. The number of aryl methyl sites for hydroxylation is 2. The van der Waals surface area contributed by atoms with Crippen molar-refractivity contribution in [2.24, 2.45) is 0 Å². The van der Waals surface area contributed by atoms with E-state index in [1.807, 2.05) is 19.1 Å². The number of hydrogen-bond acceptors (Lipinski definition) is 4. The number of hydrogen-bond donors (Lipinski definition) is 2. The molecule has 0 saturated carbocycles. The highest BCUT2D eigenvalue weighted by Crippen LogP contribution is 2.32. The summed E-state index contributed by atoms with van der Waals surface area (Å²) in [4.78, 5) is 11.9. The molecule has 6 nitrogen and oxygen atoms in total. The molecule has 0 aliphatic heterocycles. The van der Waals surface area contributed by atoms with Gasteiger partial charge in [0.25, 0.3) is 0 Å². The van der Waals surface area contributed by atoms with Crippen LogP contribution in [0.15, 0.2) is 48.9 Å². The smallest absolute Gasteiger partial charge is 0.160 e. The van der Waals surface area contributed by atoms with Crippen molar-refractivity contribution >= 4 is 35.9 Å². The molecule has 4 heterocycles. The van der Waals surface area contributed by atoms with Crippen molar-refractivity contribution in [2.45, 2.75) is 32.2 Å². The molecule has 0 unspecified atom stereocenters. The van der Waals surface area contributed by atoms with Crippen molar-refractivity contribution in [2.75, 3.05) is 5.32 Å². The zero-order valence-corrected chi connectivity index (χ0v) is 18.9. The Bertz CT molecular complexity index is 1490. The first-order chi connectivity index (χ1) is 15.6. The van der Waals surface area contributed by atoms with Crippen LogP contribution in [0.1, 0.15) is 23.2 Å². The summed E-state index contributed by atoms with van der Waals surface area (Å²) in [7, 11) is 0. The molecule has 1 aromatic carbocycles. The van der Waals surface area contributed by atoms with Crippen LogP contribution in [0, 0.1) is 18.6 Å². The van der Waals surface area contributed by atoms with Crippen LogP contribution < -0.4 is 5.32 Å². The highest BCUT2D eigenvalue weighted by Gasteiger charge is 2.24. The van der Waals surface area contributed by atoms with Crippen molar-refractivity contribution < 1.29 is 8.78 Å². The highest BCUT2D eigenvalue weighted by molar-refractivity contribution is 7.59. The maximum atomic E-state index is 14.2. The average molecular weight is 465 g/mol. The minimum Gasteiger partial charge on any atom is -0.367 e. The van der Waals surface area contributed by atoms with Crippen molar-refractivity contribution in [3.05, 3.63) is 77.4 Å². The van der Waals surface area contributed by atoms with E-state index >= 15 is 0 Å². The molecular formula is C24H22F2N6S. The first kappa shape index (κ1) is 21.4. The lowest BCUT2D eigenvalue weighted by molar-refractivity contribution is 0.602. The number of aromatic nitrogens is 5. The molecule has 33 heavy (non-hydrogen) atoms. The van der Waals surface area contributed by atoms with Crippen LogP contribution >= 0.6 is 13.5 Å². The molecule has 6 rings (SSSR count). The summed E-state index contributed by atoms with van der Waals surface area (Å²) in [6, 6.07) is 8.64. The number of halogens is 2. The highest BCUT2D eigenvalue weighted by atomic mass is 32.1. The molecule has 1 aliphatic rings. The number of nitrogens with one attached hydrogen (secondary N) is 2. The van der Waals surface area contributed by atoms with E-state index in [4.69, 9.17) is 0 Å². The van der Waals surface area contributed by atoms with Crippen LogP contribution in [-0.2, 0) is 12.8 Å². The standard InChI is InChI=1S/C24H20F2N6.H2S/c1-13-10-28-32-22(9-21(31-24(13)32)14-7-15(25)12-27-11-14)29-16-5-6-20-18(8-16)17-3-2-4-19(26)23(17)30-20;/h2-4,7,9-12,16,29-30H,5-6,8H2,1H3;1H2/t16-;/m0./s1. The Balaban J connectivity index is 0.00000228. The number of aromatic amines is 1. The van der Waals surface area contributed by atoms with E-state index in [0.29, 0.717) is 22.4 Å². The molecule has 5 aromatic rings. The van der Waals surface area contributed by atoms with Gasteiger partial charge in [-0.1, -0.05) is 12.1 Å². The van der Waals surface area contributed by atoms with Crippen LogP contribution in [0.4, 0.5) is 14.6 Å². The van der Waals surface area contributed by atoms with Crippen LogP contribution in [0.2, 0.25) is 0 Å². The van der Waals surface area contributed by atoms with Gasteiger partial charge in [-0.2, -0.15) is 23.1 Å². The van der Waals surface area contributed by atoms with Gasteiger partial charge in [0.2, 0.25) is 0 Å². The fourth-order valence-electron chi connectivity index (χ4n) is 4.61. The summed E-state index contributed by atoms with van der Waals surface area (Å²) in [5.41, 5.74) is 5.70. The monoisotopic (exact) mass is 464 g/mol. The zero-order chi connectivity index (χ0) is 21.8. The second-order valence-electron chi connectivity index (χ2n) is 8.31. The second-order valence-corrected chi connectivity index (χ2v) is 8.31. The van der Waals surface area contributed by atoms with E-state index in [9.17, 15) is 8.78 Å². The number of fused-ring (bicyclic) bond motifs is 4. The fraction of sp³-hybridized carbons (Fsp3) is 0.208. The number of anilines is 1. The molecule has 1 atom stereocenters. The van der Waals surface area contributed by atoms with Gasteiger partial charge in [-0.15, -0.1) is 0 Å². The Labute approximate surface area is 195 Å². The first-order valence-electron chi connectivity index (χ1n) is 10.6. The third kappa shape index (κ3) is 3.62. The topological polar surface area (TPSA) is 70.9 Å². The Morgan fingerprint density at radius 3 is 2.88 bits per heavy atom. The van der Waals surface area contributed by atoms with Gasteiger partial charge in [0, 0.05) is 40.5 Å². The van der Waals surface area contributed by atoms with Gasteiger partial charge in [0.05, 0.1) is 23.6 Å². The maximum Gasteiger partial charge on any atom is 0.160 e. The third-order valence-corrected chi connectivity index (χ3v) is 6.17. The van der Waals surface area contributed by atoms with Crippen molar-refractivity contribution in [1.29, 1.82) is 0 Å². The Hall–Kier alpha value is -3.46. The first-order valence-corrected chi connectivity index (χ1v) is 10.6. The predicted octanol–water partition coefficient (Wildman–Crippen LogP) is 4.94. The summed E-state index contributed by atoms with van der Waals surface area (Å²) >= 11 is 0. The summed E-state index contributed by atoms with van der Waals surface area (Å²) in [6.07, 6.45) is 7.03. The second kappa shape index (κ2) is 8.15. The van der Waals surface area contributed by atoms with Gasteiger partial charge in [-0.25, -0.2) is 13.8 Å². The van der Waals surface area contributed by atoms with E-state index in [2.05, 4.69) is 25.4 Å². The molecule has 0 saturated heterocycles. The maximum absolute atomic E-state index is 14.2. The summed E-state index contributed by atoms with van der Waals surface area (Å²) in [5, 5.41) is 9.03. The lowest BCUT2D eigenvalue weighted by Crippen LogP contribution is -2.28. The van der Waals surface area contributed by atoms with Crippen LogP contribution in [0.25, 0.3) is 27.8 Å². The Morgan fingerprint density at radius 2 is 2.03 bits per heavy atom. The summed E-state index contributed by atoms with van der Waals surface area (Å²) in [6.45, 7) is 1.94. The minimum absolute atomic E-state index is 0. The largest absolute Gasteiger partial charge is 0.367 e. The number of rotatable bonds is 3. The number of pyridine rings is 1. The molecule has 0 radical (unpaired) electrons. The van der Waals surface area contributed by atoms with Crippen LogP contribution in [0.5, 0.6) is 0 Å². The molecule has 2 N–H and O–H groups in total. The summed E-state index contributed by atoms with van der Waals surface area (Å²) < 4.78 is 29.8. The molecule has 0 amide bonds. The van der Waals surface area contributed by atoms with Gasteiger partial charge < -0.3 is 10.3 Å². The number of benzene rings is 1. The van der Waals surface area contributed by atoms with E-state index in [0.717, 1.165) is 47.3 Å². The summed E-state index contributed by atoms with van der Waals surface area (Å²) in [5.74, 6) is 0.148. The minimum atomic E-state index is -0.407. The quantitative estimate of drug-likeness (QED) is 0.397. The molecule has 9 heteroatoms. The van der Waals surface area contributed by atoms with Crippen molar-refractivity contribution in [1.82, 2.24) is 24.6 Å². The normalized spacial score (nSPS) is 15.4. The third-order valence-electron chi connectivity index (χ3n) is 6.17. The predicted molar refractivity (Wildman–Crippen MR) is 129 cm³/mol. The molecule has 0 fully saturated rings. The molecular weight excluding hydrogens is 442 g/mol. The van der Waals surface area contributed by atoms with Gasteiger partial charge in [0.1, 0.15) is 17.5 Å². The molecule has 168 valence electrons. The molecule has 0 spiro atoms. The molecule has 4 aromatic heterocycles. The number of para-hydroxylation sites is 1. The van der Waals surface area contributed by atoms with Gasteiger partial charge in [-0.05, 0) is 43.9 Å². The van der Waals surface area contributed by atoms with Gasteiger partial charge >= 0.3 is 0 Å². The average Bonchev–Trinajstić information content (AvgIpc) is 3.35. The van der Waals surface area contributed by atoms with E-state index in [1.54, 1.807) is 23.0 Å². The van der Waals surface area contributed by atoms with Crippen molar-refractivity contribution in [3.63, 3.8) is 0 Å². The van der Waals surface area contributed by atoms with E-state index in [-0.39, 0.29) is 25.4 Å². The van der Waals surface area contributed by atoms with Crippen LogP contribution in [-0.4, -0.2) is 30.6 Å². The Morgan fingerprint density at radius 1 is 1.15 bits per heavy atom. The number of nitrogens with zero attached hydrogens (tertiary/aromatic N) is 4. The van der Waals surface area contributed by atoms with Crippen LogP contribution in [0.3, 0.4) is 0 Å². The molecule has 0 bridgehead atoms. The van der Waals surface area contributed by atoms with E-state index < -0.39 is 5.82 Å². The van der Waals surface area contributed by atoms with Crippen molar-refractivity contribution in [3.8, 4) is 11.3 Å². The Kier molecular flexibility index (Phi) is 5.28. The molecule has 1 aliphatic carbocycles. The SMILES string of the molecule is Cc1cnn2c(N[C@H]3CCc4[nH]c5c(F)cccc5c4C3)cc(-c3cncc(F)c3)nc12.S. The number of H-pyrrole nitrogens is 1. The lowest BCUT2D eigenvalue weighted by Gasteiger charge is -2.25. The van der Waals surface area contributed by atoms with Gasteiger partial charge in [-0.3, -0.25) is 4.98 Å². The lowest BCUT2D eigenvalue weighted by atomic mass is 9.91. The van der Waals surface area contributed by atoms with E-state index in [1.165, 1.54) is 18.3 Å². The zero-order valence-electron chi connectivity index (χ0n) is 17.9. The van der Waals surface area contributed by atoms with Gasteiger partial charge in [0.15, 0.2) is 5.65 Å².